The minimum absolute atomic E-state index is 0.00796. The zero-order chi connectivity index (χ0) is 26.4. The van der Waals surface area contributed by atoms with Gasteiger partial charge in [0, 0.05) is 25.3 Å². The van der Waals surface area contributed by atoms with Gasteiger partial charge in [0.2, 0.25) is 17.7 Å². The highest BCUT2D eigenvalue weighted by Crippen LogP contribution is 2.44. The number of nitrogens with zero attached hydrogens (tertiary/aromatic N) is 1. The predicted octanol–water partition coefficient (Wildman–Crippen LogP) is 2.15. The molecule has 1 heterocycles. The molecule has 0 radical (unpaired) electrons. The molecule has 2 fully saturated rings. The van der Waals surface area contributed by atoms with Crippen LogP contribution in [-0.2, 0) is 19.2 Å². The predicted molar refractivity (Wildman–Crippen MR) is 132 cm³/mol. The third-order valence-electron chi connectivity index (χ3n) is 6.62. The lowest BCUT2D eigenvalue weighted by Crippen LogP contribution is -2.56. The molecule has 3 amide bonds. The Morgan fingerprint density at radius 3 is 2.40 bits per heavy atom. The quantitative estimate of drug-likeness (QED) is 0.230. The van der Waals surface area contributed by atoms with E-state index < -0.39 is 41.5 Å². The molecule has 0 aromatic carbocycles. The fourth-order valence-corrected chi connectivity index (χ4v) is 4.62. The van der Waals surface area contributed by atoms with Gasteiger partial charge >= 0.3 is 5.97 Å². The molecular formula is C26H41N3O6. The first-order valence-electron chi connectivity index (χ1n) is 12.4. The van der Waals surface area contributed by atoms with Gasteiger partial charge < -0.3 is 25.7 Å². The second-order valence-electron chi connectivity index (χ2n) is 11.0. The number of hydrogen-bond acceptors (Lipinski definition) is 5. The van der Waals surface area contributed by atoms with Crippen molar-refractivity contribution in [1.29, 1.82) is 0 Å². The SMILES string of the molecule is C=CCCCCC[C@H](NC(=O)CC(C)(C)C)C(=O)N1C[C@@H](O)C[C@H]1C(=O)NC1(C(=O)O)CC1C=C. The Morgan fingerprint density at radius 1 is 1.17 bits per heavy atom. The molecule has 9 heteroatoms. The van der Waals surface area contributed by atoms with Crippen molar-refractivity contribution in [2.45, 2.75) is 95.9 Å². The average Bonchev–Trinajstić information content (AvgIpc) is 3.34. The van der Waals surface area contributed by atoms with Crippen molar-refractivity contribution in [2.75, 3.05) is 6.54 Å². The lowest BCUT2D eigenvalue weighted by atomic mass is 9.91. The smallest absolute Gasteiger partial charge is 0.330 e. The van der Waals surface area contributed by atoms with Gasteiger partial charge in [0.05, 0.1) is 6.10 Å². The summed E-state index contributed by atoms with van der Waals surface area (Å²) in [5, 5.41) is 25.3. The van der Waals surface area contributed by atoms with E-state index in [1.807, 2.05) is 26.8 Å². The number of hydrogen-bond donors (Lipinski definition) is 4. The fourth-order valence-electron chi connectivity index (χ4n) is 4.62. The van der Waals surface area contributed by atoms with Crippen LogP contribution in [0, 0.1) is 11.3 Å². The van der Waals surface area contributed by atoms with Crippen molar-refractivity contribution >= 4 is 23.7 Å². The highest BCUT2D eigenvalue weighted by molar-refractivity contribution is 5.96. The summed E-state index contributed by atoms with van der Waals surface area (Å²) in [6.07, 6.45) is 6.67. The van der Waals surface area contributed by atoms with Crippen LogP contribution in [-0.4, -0.2) is 69.1 Å². The van der Waals surface area contributed by atoms with Crippen molar-refractivity contribution in [3.05, 3.63) is 25.3 Å². The Morgan fingerprint density at radius 2 is 1.86 bits per heavy atom. The number of carboxylic acid groups (broad SMARTS) is 1. The molecule has 0 aromatic rings. The number of unbranched alkanes of at least 4 members (excludes halogenated alkanes) is 3. The highest BCUT2D eigenvalue weighted by atomic mass is 16.4. The average molecular weight is 492 g/mol. The summed E-state index contributed by atoms with van der Waals surface area (Å²) in [7, 11) is 0. The van der Waals surface area contributed by atoms with Crippen LogP contribution in [0.5, 0.6) is 0 Å². The molecule has 2 unspecified atom stereocenters. The molecule has 0 bridgehead atoms. The molecule has 1 saturated heterocycles. The van der Waals surface area contributed by atoms with E-state index in [2.05, 4.69) is 23.8 Å². The Bertz CT molecular complexity index is 835. The minimum Gasteiger partial charge on any atom is -0.479 e. The molecule has 2 rings (SSSR count). The third-order valence-corrected chi connectivity index (χ3v) is 6.62. The van der Waals surface area contributed by atoms with E-state index in [0.717, 1.165) is 19.3 Å². The number of carbonyl (C=O) groups excluding carboxylic acids is 3. The molecule has 0 spiro atoms. The van der Waals surface area contributed by atoms with Crippen LogP contribution < -0.4 is 10.6 Å². The number of carboxylic acids is 1. The van der Waals surface area contributed by atoms with E-state index in [1.54, 1.807) is 0 Å². The van der Waals surface area contributed by atoms with Crippen molar-refractivity contribution in [3.63, 3.8) is 0 Å². The fraction of sp³-hybridized carbons (Fsp3) is 0.692. The summed E-state index contributed by atoms with van der Waals surface area (Å²) in [5.74, 6) is -2.85. The number of rotatable bonds is 13. The standard InChI is InChI=1S/C26H41N3O6/c1-6-8-9-10-11-12-19(27-21(31)15-25(3,4)5)23(33)29-16-18(30)13-20(29)22(32)28-26(24(34)35)14-17(26)7-2/h6-7,17-20,30H,1-2,8-16H2,3-5H3,(H,27,31)(H,28,32)(H,34,35)/t17?,18-,19-,20-,26?/m0/s1. The van der Waals surface area contributed by atoms with Crippen LogP contribution in [0.15, 0.2) is 25.3 Å². The maximum Gasteiger partial charge on any atom is 0.330 e. The molecule has 1 aliphatic heterocycles. The van der Waals surface area contributed by atoms with Crippen LogP contribution in [0.25, 0.3) is 0 Å². The van der Waals surface area contributed by atoms with Gasteiger partial charge in [-0.1, -0.05) is 45.8 Å². The maximum atomic E-state index is 13.5. The molecule has 4 N–H and O–H groups in total. The summed E-state index contributed by atoms with van der Waals surface area (Å²) in [5.41, 5.74) is -1.68. The van der Waals surface area contributed by atoms with E-state index in [4.69, 9.17) is 0 Å². The molecule has 2 aliphatic rings. The van der Waals surface area contributed by atoms with Gasteiger partial charge in [-0.05, 0) is 31.1 Å². The Labute approximate surface area is 208 Å². The van der Waals surface area contributed by atoms with Crippen LogP contribution in [0.4, 0.5) is 0 Å². The first-order valence-corrected chi connectivity index (χ1v) is 12.4. The van der Waals surface area contributed by atoms with E-state index in [1.165, 1.54) is 11.0 Å². The van der Waals surface area contributed by atoms with E-state index in [0.29, 0.717) is 12.8 Å². The van der Waals surface area contributed by atoms with Crippen LogP contribution in [0.2, 0.25) is 0 Å². The summed E-state index contributed by atoms with van der Waals surface area (Å²) in [6.45, 7) is 13.1. The molecule has 5 atom stereocenters. The van der Waals surface area contributed by atoms with Gasteiger partial charge in [-0.15, -0.1) is 13.2 Å². The van der Waals surface area contributed by atoms with E-state index in [-0.39, 0.29) is 43.0 Å². The first kappa shape index (κ1) is 28.6. The second kappa shape index (κ2) is 11.8. The molecule has 35 heavy (non-hydrogen) atoms. The lowest BCUT2D eigenvalue weighted by molar-refractivity contribution is -0.146. The number of carbonyl (C=O) groups is 4. The van der Waals surface area contributed by atoms with E-state index >= 15 is 0 Å². The number of amides is 3. The number of nitrogens with one attached hydrogen (secondary N) is 2. The zero-order valence-electron chi connectivity index (χ0n) is 21.2. The summed E-state index contributed by atoms with van der Waals surface area (Å²) in [6, 6.07) is -1.84. The van der Waals surface area contributed by atoms with Gasteiger partial charge in [0.25, 0.3) is 0 Å². The largest absolute Gasteiger partial charge is 0.479 e. The molecule has 0 aromatic heterocycles. The molecular weight excluding hydrogens is 450 g/mol. The van der Waals surface area contributed by atoms with Crippen LogP contribution in [0.1, 0.15) is 72.1 Å². The maximum absolute atomic E-state index is 13.5. The van der Waals surface area contributed by atoms with Crippen molar-refractivity contribution < 1.29 is 29.4 Å². The summed E-state index contributed by atoms with van der Waals surface area (Å²) in [4.78, 5) is 52.3. The van der Waals surface area contributed by atoms with Gasteiger partial charge in [-0.3, -0.25) is 14.4 Å². The number of β-amino-alcohol motifs (C(OH)–C–C–N with tert-alkyl or cyclic N) is 1. The van der Waals surface area contributed by atoms with Crippen molar-refractivity contribution in [3.8, 4) is 0 Å². The number of likely N-dealkylation sites (tertiary alicyclic amines) is 1. The van der Waals surface area contributed by atoms with E-state index in [9.17, 15) is 29.4 Å². The Balaban J connectivity index is 2.15. The number of aliphatic hydroxyl groups is 1. The number of allylic oxidation sites excluding steroid dienone is 1. The van der Waals surface area contributed by atoms with Crippen molar-refractivity contribution in [1.82, 2.24) is 15.5 Å². The zero-order valence-corrected chi connectivity index (χ0v) is 21.2. The molecule has 196 valence electrons. The molecule has 9 nitrogen and oxygen atoms in total. The van der Waals surface area contributed by atoms with Gasteiger partial charge in [0.1, 0.15) is 17.6 Å². The lowest BCUT2D eigenvalue weighted by Gasteiger charge is -2.30. The van der Waals surface area contributed by atoms with Crippen molar-refractivity contribution in [2.24, 2.45) is 11.3 Å². The van der Waals surface area contributed by atoms with Crippen LogP contribution >= 0.6 is 0 Å². The molecule has 1 aliphatic carbocycles. The number of aliphatic hydroxyl groups excluding tert-OH is 1. The van der Waals surface area contributed by atoms with Crippen LogP contribution in [0.3, 0.4) is 0 Å². The summed E-state index contributed by atoms with van der Waals surface area (Å²) >= 11 is 0. The Hall–Kier alpha value is -2.68. The third kappa shape index (κ3) is 7.65. The molecule has 1 saturated carbocycles. The normalized spacial score (nSPS) is 26.5. The first-order chi connectivity index (χ1) is 16.3. The summed E-state index contributed by atoms with van der Waals surface area (Å²) < 4.78 is 0. The topological polar surface area (TPSA) is 136 Å². The Kier molecular flexibility index (Phi) is 9.66. The minimum atomic E-state index is -1.42. The second-order valence-corrected chi connectivity index (χ2v) is 11.0. The van der Waals surface area contributed by atoms with Gasteiger partial charge in [-0.25, -0.2) is 4.79 Å². The highest BCUT2D eigenvalue weighted by Gasteiger charge is 2.61. The monoisotopic (exact) mass is 491 g/mol. The van der Waals surface area contributed by atoms with Gasteiger partial charge in [-0.2, -0.15) is 0 Å². The van der Waals surface area contributed by atoms with Gasteiger partial charge in [0.15, 0.2) is 0 Å². The number of aliphatic carboxylic acids is 1.